The van der Waals surface area contributed by atoms with Gasteiger partial charge in [0.2, 0.25) is 0 Å². The van der Waals surface area contributed by atoms with Crippen molar-refractivity contribution in [3.63, 3.8) is 0 Å². The predicted octanol–water partition coefficient (Wildman–Crippen LogP) is 4.58. The van der Waals surface area contributed by atoms with Crippen LogP contribution in [0.5, 0.6) is 5.75 Å². The molecule has 1 atom stereocenters. The van der Waals surface area contributed by atoms with Crippen LogP contribution in [-0.4, -0.2) is 18.6 Å². The zero-order chi connectivity index (χ0) is 19.5. The van der Waals surface area contributed by atoms with Crippen LogP contribution in [0, 0.1) is 11.3 Å². The summed E-state index contributed by atoms with van der Waals surface area (Å²) in [4.78, 5) is 14.6. The van der Waals surface area contributed by atoms with Crippen LogP contribution in [0.1, 0.15) is 18.1 Å². The van der Waals surface area contributed by atoms with Gasteiger partial charge in [0.05, 0.1) is 11.6 Å². The van der Waals surface area contributed by atoms with Crippen LogP contribution in [0.4, 0.5) is 5.69 Å². The lowest BCUT2D eigenvalue weighted by Crippen LogP contribution is -2.39. The molecule has 0 spiro atoms. The summed E-state index contributed by atoms with van der Waals surface area (Å²) in [6.45, 7) is 2.49. The minimum absolute atomic E-state index is 0.0267. The molecule has 0 N–H and O–H groups in total. The monoisotopic (exact) mass is 368 g/mol. The van der Waals surface area contributed by atoms with Gasteiger partial charge in [-0.2, -0.15) is 5.26 Å². The summed E-state index contributed by atoms with van der Waals surface area (Å²) in [5.41, 5.74) is 4.89. The highest BCUT2D eigenvalue weighted by atomic mass is 16.5. The zero-order valence-electron chi connectivity index (χ0n) is 15.6. The van der Waals surface area contributed by atoms with E-state index in [1.807, 2.05) is 59.5 Å². The van der Waals surface area contributed by atoms with Crippen molar-refractivity contribution in [3.8, 4) is 22.9 Å². The summed E-state index contributed by atoms with van der Waals surface area (Å²) in [6.07, 6.45) is 0.320. The molecular weight excluding hydrogens is 348 g/mol. The third-order valence-electron chi connectivity index (χ3n) is 5.02. The van der Waals surface area contributed by atoms with Gasteiger partial charge < -0.3 is 9.64 Å². The number of fused-ring (bicyclic) bond motifs is 1. The van der Waals surface area contributed by atoms with Gasteiger partial charge in [-0.1, -0.05) is 42.5 Å². The van der Waals surface area contributed by atoms with Crippen molar-refractivity contribution in [2.75, 3.05) is 11.4 Å². The Balaban J connectivity index is 1.44. The third kappa shape index (κ3) is 3.47. The first-order chi connectivity index (χ1) is 13.7. The highest BCUT2D eigenvalue weighted by molar-refractivity contribution is 5.98. The molecule has 3 aromatic carbocycles. The molecule has 4 rings (SSSR count). The lowest BCUT2D eigenvalue weighted by molar-refractivity contribution is -0.124. The van der Waals surface area contributed by atoms with E-state index in [0.29, 0.717) is 17.9 Å². The number of carbonyl (C=O) groups is 1. The largest absolute Gasteiger partial charge is 0.481 e. The molecule has 0 saturated carbocycles. The van der Waals surface area contributed by atoms with Gasteiger partial charge in [-0.25, -0.2) is 0 Å². The van der Waals surface area contributed by atoms with Gasteiger partial charge in [0, 0.05) is 12.2 Å². The second-order valence-electron chi connectivity index (χ2n) is 6.84. The maximum atomic E-state index is 12.8. The number of ether oxygens (including phenoxy) is 1. The highest BCUT2D eigenvalue weighted by Gasteiger charge is 2.28. The van der Waals surface area contributed by atoms with Crippen molar-refractivity contribution < 1.29 is 9.53 Å². The smallest absolute Gasteiger partial charge is 0.267 e. The van der Waals surface area contributed by atoms with Gasteiger partial charge in [0.25, 0.3) is 5.91 Å². The van der Waals surface area contributed by atoms with Gasteiger partial charge >= 0.3 is 0 Å². The Morgan fingerprint density at radius 1 is 1.00 bits per heavy atom. The standard InChI is InChI=1S/C24H20N2O2/c1-17(24(27)26-15-14-21-4-2-3-5-23(21)26)28-22-12-10-20(11-13-22)19-8-6-18(16-25)7-9-19/h2-13,17H,14-15H2,1H3/t17-/m1/s1. The van der Waals surface area contributed by atoms with E-state index in [1.54, 1.807) is 19.1 Å². The van der Waals surface area contributed by atoms with Crippen molar-refractivity contribution in [1.29, 1.82) is 5.26 Å². The number of nitriles is 1. The van der Waals surface area contributed by atoms with Crippen molar-refractivity contribution in [2.45, 2.75) is 19.4 Å². The van der Waals surface area contributed by atoms with E-state index in [1.165, 1.54) is 5.56 Å². The van der Waals surface area contributed by atoms with Crippen molar-refractivity contribution in [3.05, 3.63) is 83.9 Å². The number of hydrogen-bond donors (Lipinski definition) is 0. The van der Waals surface area contributed by atoms with Crippen molar-refractivity contribution >= 4 is 11.6 Å². The van der Waals surface area contributed by atoms with E-state index < -0.39 is 6.10 Å². The predicted molar refractivity (Wildman–Crippen MR) is 109 cm³/mol. The van der Waals surface area contributed by atoms with Gasteiger partial charge in [-0.3, -0.25) is 4.79 Å². The molecule has 1 aliphatic rings. The van der Waals surface area contributed by atoms with Gasteiger partial charge in [0.15, 0.2) is 6.10 Å². The minimum Gasteiger partial charge on any atom is -0.481 e. The summed E-state index contributed by atoms with van der Waals surface area (Å²) in [5, 5.41) is 8.90. The zero-order valence-corrected chi connectivity index (χ0v) is 15.6. The highest BCUT2D eigenvalue weighted by Crippen LogP contribution is 2.29. The summed E-state index contributed by atoms with van der Waals surface area (Å²) in [6, 6.07) is 25.2. The second-order valence-corrected chi connectivity index (χ2v) is 6.84. The average Bonchev–Trinajstić information content (AvgIpc) is 3.18. The molecule has 0 saturated heterocycles. The SMILES string of the molecule is C[C@@H](Oc1ccc(-c2ccc(C#N)cc2)cc1)C(=O)N1CCc2ccccc21. The molecule has 1 heterocycles. The van der Waals surface area contributed by atoms with Crippen LogP contribution >= 0.6 is 0 Å². The molecule has 0 fully saturated rings. The Kier molecular flexibility index (Phi) is 4.82. The summed E-state index contributed by atoms with van der Waals surface area (Å²) >= 11 is 0. The number of para-hydroxylation sites is 1. The second kappa shape index (κ2) is 7.58. The Morgan fingerprint density at radius 3 is 2.32 bits per heavy atom. The molecule has 4 heteroatoms. The molecule has 3 aromatic rings. The van der Waals surface area contributed by atoms with Gasteiger partial charge in [-0.05, 0) is 60.4 Å². The fraction of sp³-hybridized carbons (Fsp3) is 0.167. The lowest BCUT2D eigenvalue weighted by atomic mass is 10.0. The van der Waals surface area contributed by atoms with Crippen LogP contribution in [0.2, 0.25) is 0 Å². The molecule has 0 aliphatic carbocycles. The fourth-order valence-corrected chi connectivity index (χ4v) is 3.50. The van der Waals surface area contributed by atoms with Crippen LogP contribution < -0.4 is 9.64 Å². The van der Waals surface area contributed by atoms with Gasteiger partial charge in [0.1, 0.15) is 5.75 Å². The molecular formula is C24H20N2O2. The van der Waals surface area contributed by atoms with Crippen LogP contribution in [0.25, 0.3) is 11.1 Å². The maximum absolute atomic E-state index is 12.8. The number of rotatable bonds is 4. The van der Waals surface area contributed by atoms with Crippen LogP contribution in [-0.2, 0) is 11.2 Å². The summed E-state index contributed by atoms with van der Waals surface area (Å²) < 4.78 is 5.90. The molecule has 0 bridgehead atoms. The Hall–Kier alpha value is -3.58. The van der Waals surface area contributed by atoms with E-state index in [9.17, 15) is 4.79 Å². The quantitative estimate of drug-likeness (QED) is 0.677. The molecule has 138 valence electrons. The maximum Gasteiger partial charge on any atom is 0.267 e. The molecule has 4 nitrogen and oxygen atoms in total. The molecule has 0 radical (unpaired) electrons. The number of carbonyl (C=O) groups excluding carboxylic acids is 1. The number of benzene rings is 3. The number of hydrogen-bond acceptors (Lipinski definition) is 3. The Morgan fingerprint density at radius 2 is 1.64 bits per heavy atom. The van der Waals surface area contributed by atoms with Crippen LogP contribution in [0.15, 0.2) is 72.8 Å². The number of nitrogens with zero attached hydrogens (tertiary/aromatic N) is 2. The molecule has 1 aliphatic heterocycles. The van der Waals surface area contributed by atoms with Crippen molar-refractivity contribution in [1.82, 2.24) is 0 Å². The molecule has 28 heavy (non-hydrogen) atoms. The summed E-state index contributed by atoms with van der Waals surface area (Å²) in [5.74, 6) is 0.631. The minimum atomic E-state index is -0.563. The number of amides is 1. The normalized spacial score (nSPS) is 13.5. The van der Waals surface area contributed by atoms with E-state index in [4.69, 9.17) is 10.00 Å². The Bertz CT molecular complexity index is 1030. The number of anilines is 1. The first kappa shape index (κ1) is 17.8. The third-order valence-corrected chi connectivity index (χ3v) is 5.02. The topological polar surface area (TPSA) is 53.3 Å². The van der Waals surface area contributed by atoms with E-state index in [0.717, 1.165) is 23.2 Å². The summed E-state index contributed by atoms with van der Waals surface area (Å²) in [7, 11) is 0. The van der Waals surface area contributed by atoms with E-state index >= 15 is 0 Å². The van der Waals surface area contributed by atoms with Crippen LogP contribution in [0.3, 0.4) is 0 Å². The first-order valence-corrected chi connectivity index (χ1v) is 9.32. The van der Waals surface area contributed by atoms with Crippen molar-refractivity contribution in [2.24, 2.45) is 0 Å². The average molecular weight is 368 g/mol. The lowest BCUT2D eigenvalue weighted by Gasteiger charge is -2.22. The van der Waals surface area contributed by atoms with Gasteiger partial charge in [-0.15, -0.1) is 0 Å². The Labute approximate surface area is 164 Å². The fourth-order valence-electron chi connectivity index (χ4n) is 3.50. The molecule has 0 unspecified atom stereocenters. The molecule has 0 aromatic heterocycles. The first-order valence-electron chi connectivity index (χ1n) is 9.32. The molecule has 1 amide bonds. The van der Waals surface area contributed by atoms with E-state index in [-0.39, 0.29) is 5.91 Å². The van der Waals surface area contributed by atoms with E-state index in [2.05, 4.69) is 12.1 Å².